The highest BCUT2D eigenvalue weighted by Crippen LogP contribution is 2.36. The van der Waals surface area contributed by atoms with E-state index in [1.807, 2.05) is 0 Å². The molecule has 0 aromatic carbocycles. The predicted octanol–water partition coefficient (Wildman–Crippen LogP) is 2.03. The van der Waals surface area contributed by atoms with Gasteiger partial charge in [-0.25, -0.2) is 0 Å². The summed E-state index contributed by atoms with van der Waals surface area (Å²) in [7, 11) is 1.77. The Morgan fingerprint density at radius 2 is 2.20 bits per heavy atom. The topological polar surface area (TPSA) is 65.1 Å². The molecule has 20 heavy (non-hydrogen) atoms. The molecule has 1 aromatic rings. The molecule has 6 heteroatoms. The van der Waals surface area contributed by atoms with Crippen LogP contribution in [-0.2, 0) is 24.1 Å². The Morgan fingerprint density at radius 1 is 1.50 bits per heavy atom. The molecular formula is C14H25BrN4O. The summed E-state index contributed by atoms with van der Waals surface area (Å²) in [5, 5.41) is 4.64. The maximum Gasteiger partial charge on any atom is 0.0769 e. The maximum atomic E-state index is 5.77. The lowest BCUT2D eigenvalue weighted by molar-refractivity contribution is 0.0504. The molecule has 1 fully saturated rings. The minimum atomic E-state index is 0.121. The Hall–Kier alpha value is -0.430. The number of nitrogens with one attached hydrogen (secondary N) is 1. The second kappa shape index (κ2) is 7.02. The number of hydrazine groups is 1. The molecule has 2 unspecified atom stereocenters. The summed E-state index contributed by atoms with van der Waals surface area (Å²) < 4.78 is 8.84. The molecule has 0 spiro atoms. The number of aryl methyl sites for hydroxylation is 2. The second-order valence-electron chi connectivity index (χ2n) is 5.39. The third-order valence-corrected chi connectivity index (χ3v) is 4.99. The van der Waals surface area contributed by atoms with E-state index in [0.717, 1.165) is 29.6 Å². The number of nitrogens with zero attached hydrogens (tertiary/aromatic N) is 2. The highest BCUT2D eigenvalue weighted by molar-refractivity contribution is 9.10. The van der Waals surface area contributed by atoms with Crippen LogP contribution in [0.5, 0.6) is 0 Å². The van der Waals surface area contributed by atoms with Crippen LogP contribution in [0.15, 0.2) is 4.47 Å². The van der Waals surface area contributed by atoms with Crippen molar-refractivity contribution in [2.75, 3.05) is 7.11 Å². The third-order valence-electron chi connectivity index (χ3n) is 4.08. The molecule has 1 aromatic heterocycles. The van der Waals surface area contributed by atoms with Crippen LogP contribution in [0.2, 0.25) is 0 Å². The summed E-state index contributed by atoms with van der Waals surface area (Å²) in [6, 6.07) is 0.121. The summed E-state index contributed by atoms with van der Waals surface area (Å²) >= 11 is 3.69. The Morgan fingerprint density at radius 3 is 2.65 bits per heavy atom. The van der Waals surface area contributed by atoms with Gasteiger partial charge in [0.25, 0.3) is 0 Å². The number of ether oxygens (including phenoxy) is 1. The molecule has 3 N–H and O–H groups in total. The van der Waals surface area contributed by atoms with Gasteiger partial charge in [0.05, 0.1) is 28.0 Å². The zero-order chi connectivity index (χ0) is 14.7. The highest BCUT2D eigenvalue weighted by Gasteiger charge is 2.37. The Labute approximate surface area is 129 Å². The summed E-state index contributed by atoms with van der Waals surface area (Å²) in [6.45, 7) is 5.10. The van der Waals surface area contributed by atoms with E-state index in [9.17, 15) is 0 Å². The zero-order valence-electron chi connectivity index (χ0n) is 12.5. The lowest BCUT2D eigenvalue weighted by Gasteiger charge is -2.25. The molecule has 0 saturated heterocycles. The molecule has 2 atom stereocenters. The molecule has 2 rings (SSSR count). The Balaban J connectivity index is 2.19. The Kier molecular flexibility index (Phi) is 5.60. The van der Waals surface area contributed by atoms with Gasteiger partial charge in [0, 0.05) is 20.1 Å². The standard InChI is InChI=1S/C14H25BrN4O/c1-4-10-13(15)12(19(5-2)18-10)8-11(17-16)14(20-3)9-6-7-9/h9,11,14,17H,4-8,16H2,1-3H3. The summed E-state index contributed by atoms with van der Waals surface area (Å²) in [6.07, 6.45) is 4.41. The van der Waals surface area contributed by atoms with Crippen LogP contribution in [0.4, 0.5) is 0 Å². The van der Waals surface area contributed by atoms with E-state index in [1.165, 1.54) is 18.5 Å². The van der Waals surface area contributed by atoms with Crippen molar-refractivity contribution in [2.45, 2.75) is 58.2 Å². The van der Waals surface area contributed by atoms with E-state index in [1.54, 1.807) is 7.11 Å². The van der Waals surface area contributed by atoms with Crippen LogP contribution >= 0.6 is 15.9 Å². The predicted molar refractivity (Wildman–Crippen MR) is 83.3 cm³/mol. The monoisotopic (exact) mass is 344 g/mol. The molecule has 0 bridgehead atoms. The van der Waals surface area contributed by atoms with E-state index in [2.05, 4.69) is 45.0 Å². The van der Waals surface area contributed by atoms with Crippen LogP contribution in [0.1, 0.15) is 38.1 Å². The Bertz CT molecular complexity index is 445. The van der Waals surface area contributed by atoms with Gasteiger partial charge in [-0.2, -0.15) is 5.10 Å². The number of hydrogen-bond acceptors (Lipinski definition) is 4. The lowest BCUT2D eigenvalue weighted by atomic mass is 10.0. The average molecular weight is 345 g/mol. The van der Waals surface area contributed by atoms with Crippen LogP contribution in [0.25, 0.3) is 0 Å². The first-order valence-corrected chi connectivity index (χ1v) is 8.18. The fraction of sp³-hybridized carbons (Fsp3) is 0.786. The number of nitrogens with two attached hydrogens (primary N) is 1. The van der Waals surface area contributed by atoms with E-state index < -0.39 is 0 Å². The number of aromatic nitrogens is 2. The summed E-state index contributed by atoms with van der Waals surface area (Å²) in [5.41, 5.74) is 5.25. The molecule has 1 heterocycles. The van der Waals surface area contributed by atoms with Gasteiger partial charge < -0.3 is 4.74 Å². The third kappa shape index (κ3) is 3.24. The zero-order valence-corrected chi connectivity index (χ0v) is 14.1. The van der Waals surface area contributed by atoms with Gasteiger partial charge in [-0.05, 0) is 48.0 Å². The minimum absolute atomic E-state index is 0.121. The van der Waals surface area contributed by atoms with E-state index in [0.29, 0.717) is 5.92 Å². The van der Waals surface area contributed by atoms with Gasteiger partial charge in [-0.3, -0.25) is 16.0 Å². The van der Waals surface area contributed by atoms with Gasteiger partial charge >= 0.3 is 0 Å². The molecule has 114 valence electrons. The van der Waals surface area contributed by atoms with Gasteiger partial charge in [0.1, 0.15) is 0 Å². The molecular weight excluding hydrogens is 320 g/mol. The van der Waals surface area contributed by atoms with Gasteiger partial charge in [0.2, 0.25) is 0 Å². The SMILES string of the molecule is CCc1nn(CC)c(CC(NN)C(OC)C2CC2)c1Br. The van der Waals surface area contributed by atoms with Crippen molar-refractivity contribution in [1.82, 2.24) is 15.2 Å². The summed E-state index contributed by atoms with van der Waals surface area (Å²) in [4.78, 5) is 0. The number of methoxy groups -OCH3 is 1. The number of hydrogen-bond donors (Lipinski definition) is 2. The fourth-order valence-corrected chi connectivity index (χ4v) is 3.53. The van der Waals surface area contributed by atoms with Crippen molar-refractivity contribution in [1.29, 1.82) is 0 Å². The van der Waals surface area contributed by atoms with Gasteiger partial charge in [0.15, 0.2) is 0 Å². The van der Waals surface area contributed by atoms with Gasteiger partial charge in [-0.15, -0.1) is 0 Å². The van der Waals surface area contributed by atoms with Gasteiger partial charge in [-0.1, -0.05) is 6.92 Å². The maximum absolute atomic E-state index is 5.77. The molecule has 1 aliphatic rings. The van der Waals surface area contributed by atoms with Crippen molar-refractivity contribution in [3.05, 3.63) is 15.9 Å². The van der Waals surface area contributed by atoms with Crippen LogP contribution < -0.4 is 11.3 Å². The molecule has 0 radical (unpaired) electrons. The van der Waals surface area contributed by atoms with Crippen molar-refractivity contribution in [3.63, 3.8) is 0 Å². The normalized spacial score (nSPS) is 18.2. The largest absolute Gasteiger partial charge is 0.379 e. The van der Waals surface area contributed by atoms with Crippen LogP contribution in [0, 0.1) is 5.92 Å². The van der Waals surface area contributed by atoms with Crippen molar-refractivity contribution >= 4 is 15.9 Å². The van der Waals surface area contributed by atoms with Crippen molar-refractivity contribution in [3.8, 4) is 0 Å². The quantitative estimate of drug-likeness (QED) is 0.559. The molecule has 5 nitrogen and oxygen atoms in total. The molecule has 1 saturated carbocycles. The van der Waals surface area contributed by atoms with Crippen LogP contribution in [-0.4, -0.2) is 29.0 Å². The van der Waals surface area contributed by atoms with Crippen molar-refractivity contribution < 1.29 is 4.74 Å². The lowest BCUT2D eigenvalue weighted by Crippen LogP contribution is -2.47. The van der Waals surface area contributed by atoms with Crippen LogP contribution in [0.3, 0.4) is 0 Å². The molecule has 0 aliphatic heterocycles. The highest BCUT2D eigenvalue weighted by atomic mass is 79.9. The molecule has 1 aliphatic carbocycles. The first-order chi connectivity index (χ1) is 9.65. The first-order valence-electron chi connectivity index (χ1n) is 7.39. The smallest absolute Gasteiger partial charge is 0.0769 e. The van der Waals surface area contributed by atoms with E-state index >= 15 is 0 Å². The fourth-order valence-electron chi connectivity index (χ4n) is 2.80. The number of rotatable bonds is 8. The number of halogens is 1. The minimum Gasteiger partial charge on any atom is -0.379 e. The first kappa shape index (κ1) is 15.9. The van der Waals surface area contributed by atoms with E-state index in [4.69, 9.17) is 10.6 Å². The van der Waals surface area contributed by atoms with E-state index in [-0.39, 0.29) is 12.1 Å². The summed E-state index contributed by atoms with van der Waals surface area (Å²) in [5.74, 6) is 6.41. The average Bonchev–Trinajstić information content (AvgIpc) is 3.25. The molecule has 0 amide bonds. The second-order valence-corrected chi connectivity index (χ2v) is 6.18. The van der Waals surface area contributed by atoms with Crippen molar-refractivity contribution in [2.24, 2.45) is 11.8 Å².